The van der Waals surface area contributed by atoms with Crippen LogP contribution in [0.2, 0.25) is 0 Å². The van der Waals surface area contributed by atoms with Crippen LogP contribution in [-0.4, -0.2) is 34.8 Å². The van der Waals surface area contributed by atoms with Gasteiger partial charge in [-0.05, 0) is 31.4 Å². The highest BCUT2D eigenvalue weighted by Crippen LogP contribution is 2.26. The fourth-order valence-corrected chi connectivity index (χ4v) is 3.67. The molecule has 1 aliphatic heterocycles. The van der Waals surface area contributed by atoms with Crippen LogP contribution in [0.3, 0.4) is 0 Å². The maximum Gasteiger partial charge on any atom is 0.315 e. The minimum atomic E-state index is -0.149. The number of para-hydroxylation sites is 2. The zero-order valence-electron chi connectivity index (χ0n) is 15.3. The summed E-state index contributed by atoms with van der Waals surface area (Å²) in [4.78, 5) is 16.8. The molecule has 0 aliphatic carbocycles. The number of hydrogen-bond acceptors (Lipinski definition) is 3. The van der Waals surface area contributed by atoms with Crippen LogP contribution < -0.4 is 10.6 Å². The van der Waals surface area contributed by atoms with Gasteiger partial charge in [-0.3, -0.25) is 0 Å². The number of urea groups is 1. The van der Waals surface area contributed by atoms with Gasteiger partial charge >= 0.3 is 6.03 Å². The Labute approximate surface area is 149 Å². The number of carbonyl (C=O) groups excluding carboxylic acids is 1. The Hall–Kier alpha value is -2.08. The van der Waals surface area contributed by atoms with Crippen LogP contribution in [0.15, 0.2) is 24.3 Å². The molecule has 25 heavy (non-hydrogen) atoms. The lowest BCUT2D eigenvalue weighted by molar-refractivity contribution is 0.0545. The second-order valence-corrected chi connectivity index (χ2v) is 6.95. The Morgan fingerprint density at radius 2 is 2.16 bits per heavy atom. The molecule has 0 bridgehead atoms. The molecule has 0 spiro atoms. The first-order valence-electron chi connectivity index (χ1n) is 9.17. The number of hydrogen-bond donors (Lipinski definition) is 2. The third-order valence-electron chi connectivity index (χ3n) is 4.90. The van der Waals surface area contributed by atoms with Gasteiger partial charge in [0, 0.05) is 25.6 Å². The molecular weight excluding hydrogens is 316 g/mol. The summed E-state index contributed by atoms with van der Waals surface area (Å²) in [5.41, 5.74) is 2.06. The van der Waals surface area contributed by atoms with Gasteiger partial charge in [0.1, 0.15) is 5.82 Å². The Bertz CT molecular complexity index is 725. The monoisotopic (exact) mass is 344 g/mol. The van der Waals surface area contributed by atoms with Crippen molar-refractivity contribution in [3.63, 3.8) is 0 Å². The van der Waals surface area contributed by atoms with Crippen LogP contribution in [0.5, 0.6) is 0 Å². The molecule has 2 N–H and O–H groups in total. The molecule has 2 atom stereocenters. The lowest BCUT2D eigenvalue weighted by atomic mass is 9.93. The largest absolute Gasteiger partial charge is 0.378 e. The summed E-state index contributed by atoms with van der Waals surface area (Å²) in [6.07, 6.45) is 1.25. The van der Waals surface area contributed by atoms with E-state index >= 15 is 0 Å². The van der Waals surface area contributed by atoms with E-state index in [4.69, 9.17) is 4.74 Å². The van der Waals surface area contributed by atoms with Crippen molar-refractivity contribution >= 4 is 17.1 Å². The number of fused-ring (bicyclic) bond motifs is 1. The summed E-state index contributed by atoms with van der Waals surface area (Å²) >= 11 is 0. The zero-order chi connectivity index (χ0) is 17.8. The minimum absolute atomic E-state index is 0.149. The molecule has 2 amide bonds. The Balaban J connectivity index is 1.54. The number of nitrogens with zero attached hydrogens (tertiary/aromatic N) is 2. The van der Waals surface area contributed by atoms with Crippen molar-refractivity contribution in [3.8, 4) is 0 Å². The van der Waals surface area contributed by atoms with Gasteiger partial charge in [-0.25, -0.2) is 9.78 Å². The number of ether oxygens (including phenoxy) is 1. The summed E-state index contributed by atoms with van der Waals surface area (Å²) in [7, 11) is 0. The predicted octanol–water partition coefficient (Wildman–Crippen LogP) is 2.92. The van der Waals surface area contributed by atoms with E-state index in [1.165, 1.54) is 0 Å². The lowest BCUT2D eigenvalue weighted by Crippen LogP contribution is -2.40. The smallest absolute Gasteiger partial charge is 0.315 e. The van der Waals surface area contributed by atoms with Gasteiger partial charge in [-0.1, -0.05) is 26.0 Å². The highest BCUT2D eigenvalue weighted by Gasteiger charge is 2.30. The second kappa shape index (κ2) is 7.87. The van der Waals surface area contributed by atoms with Crippen molar-refractivity contribution in [3.05, 3.63) is 30.1 Å². The van der Waals surface area contributed by atoms with Crippen molar-refractivity contribution in [1.29, 1.82) is 0 Å². The standard InChI is InChI=1S/C19H28N4O2/c1-4-23-16-8-6-5-7-15(16)22-17(23)12-21-19(24)20-11-14-9-10-25-18(14)13(2)3/h5-8,13-14,18H,4,9-12H2,1-3H3,(H2,20,21,24)/t14-,18-/m1/s1. The average molecular weight is 344 g/mol. The first-order valence-corrected chi connectivity index (χ1v) is 9.17. The van der Waals surface area contributed by atoms with Crippen LogP contribution in [0.4, 0.5) is 4.79 Å². The molecule has 1 aromatic heterocycles. The molecule has 0 unspecified atom stereocenters. The number of rotatable bonds is 6. The van der Waals surface area contributed by atoms with E-state index in [-0.39, 0.29) is 12.1 Å². The SMILES string of the molecule is CCn1c(CNC(=O)NC[C@H]2CCO[C@@H]2C(C)C)nc2ccccc21. The van der Waals surface area contributed by atoms with Crippen molar-refractivity contribution in [2.45, 2.75) is 46.4 Å². The molecule has 2 aromatic rings. The lowest BCUT2D eigenvalue weighted by Gasteiger charge is -2.22. The molecule has 1 saturated heterocycles. The fourth-order valence-electron chi connectivity index (χ4n) is 3.67. The quantitative estimate of drug-likeness (QED) is 0.847. The number of amides is 2. The number of imidazole rings is 1. The zero-order valence-corrected chi connectivity index (χ0v) is 15.3. The van der Waals surface area contributed by atoms with E-state index in [1.54, 1.807) is 0 Å². The highest BCUT2D eigenvalue weighted by atomic mass is 16.5. The van der Waals surface area contributed by atoms with E-state index < -0.39 is 0 Å². The number of aromatic nitrogens is 2. The Kier molecular flexibility index (Phi) is 5.58. The Morgan fingerprint density at radius 3 is 2.92 bits per heavy atom. The molecule has 1 fully saturated rings. The molecule has 3 rings (SSSR count). The summed E-state index contributed by atoms with van der Waals surface area (Å²) in [5, 5.41) is 5.91. The van der Waals surface area contributed by atoms with Gasteiger partial charge in [0.05, 0.1) is 23.7 Å². The van der Waals surface area contributed by atoms with E-state index in [0.29, 0.717) is 24.9 Å². The summed E-state index contributed by atoms with van der Waals surface area (Å²) < 4.78 is 7.90. The first-order chi connectivity index (χ1) is 12.1. The van der Waals surface area contributed by atoms with Gasteiger partial charge in [0.15, 0.2) is 0 Å². The topological polar surface area (TPSA) is 68.2 Å². The van der Waals surface area contributed by atoms with Crippen LogP contribution in [-0.2, 0) is 17.8 Å². The van der Waals surface area contributed by atoms with E-state index in [1.807, 2.05) is 18.2 Å². The maximum absolute atomic E-state index is 12.2. The van der Waals surface area contributed by atoms with E-state index in [0.717, 1.165) is 36.4 Å². The van der Waals surface area contributed by atoms with Gasteiger partial charge < -0.3 is 19.9 Å². The van der Waals surface area contributed by atoms with E-state index in [2.05, 4.69) is 47.0 Å². The van der Waals surface area contributed by atoms with Crippen molar-refractivity contribution < 1.29 is 9.53 Å². The molecule has 1 aromatic carbocycles. The van der Waals surface area contributed by atoms with Crippen LogP contribution in [0, 0.1) is 11.8 Å². The van der Waals surface area contributed by atoms with Gasteiger partial charge in [0.2, 0.25) is 0 Å². The maximum atomic E-state index is 12.2. The third kappa shape index (κ3) is 3.95. The van der Waals surface area contributed by atoms with Gasteiger partial charge in [-0.2, -0.15) is 0 Å². The summed E-state index contributed by atoms with van der Waals surface area (Å²) in [6.45, 7) is 9.11. The van der Waals surface area contributed by atoms with Crippen molar-refractivity contribution in [1.82, 2.24) is 20.2 Å². The predicted molar refractivity (Wildman–Crippen MR) is 98.3 cm³/mol. The van der Waals surface area contributed by atoms with Crippen LogP contribution >= 0.6 is 0 Å². The molecule has 0 saturated carbocycles. The van der Waals surface area contributed by atoms with E-state index in [9.17, 15) is 4.79 Å². The molecule has 2 heterocycles. The van der Waals surface area contributed by atoms with Gasteiger partial charge in [-0.15, -0.1) is 0 Å². The Morgan fingerprint density at radius 1 is 1.36 bits per heavy atom. The van der Waals surface area contributed by atoms with Gasteiger partial charge in [0.25, 0.3) is 0 Å². The molecule has 6 heteroatoms. The minimum Gasteiger partial charge on any atom is -0.378 e. The molecule has 1 aliphatic rings. The first kappa shape index (κ1) is 17.7. The average Bonchev–Trinajstić information content (AvgIpc) is 3.21. The summed E-state index contributed by atoms with van der Waals surface area (Å²) in [6, 6.07) is 7.89. The number of aryl methyl sites for hydroxylation is 1. The van der Waals surface area contributed by atoms with Crippen molar-refractivity contribution in [2.75, 3.05) is 13.2 Å². The van der Waals surface area contributed by atoms with Crippen molar-refractivity contribution in [2.24, 2.45) is 11.8 Å². The number of carbonyl (C=O) groups is 1. The molecule has 0 radical (unpaired) electrons. The molecular formula is C19H28N4O2. The fraction of sp³-hybridized carbons (Fsp3) is 0.579. The third-order valence-corrected chi connectivity index (χ3v) is 4.90. The summed E-state index contributed by atoms with van der Waals surface area (Å²) in [5.74, 6) is 1.75. The van der Waals surface area contributed by atoms with Crippen LogP contribution in [0.1, 0.15) is 33.0 Å². The highest BCUT2D eigenvalue weighted by molar-refractivity contribution is 5.76. The molecule has 136 valence electrons. The molecule has 6 nitrogen and oxygen atoms in total. The number of nitrogens with one attached hydrogen (secondary N) is 2. The van der Waals surface area contributed by atoms with Crippen LogP contribution in [0.25, 0.3) is 11.0 Å². The number of benzene rings is 1. The second-order valence-electron chi connectivity index (χ2n) is 6.95. The normalized spacial score (nSPS) is 20.3.